The summed E-state index contributed by atoms with van der Waals surface area (Å²) in [6, 6.07) is 0. The number of rotatable bonds is 0. The van der Waals surface area contributed by atoms with Crippen LogP contribution in [0.3, 0.4) is 0 Å². The van der Waals surface area contributed by atoms with E-state index in [4.69, 9.17) is 4.74 Å². The quantitative estimate of drug-likeness (QED) is 0.506. The Kier molecular flexibility index (Phi) is 2.03. The average molecular weight is 310 g/mol. The molecule has 1 fully saturated rings. The molecule has 2 bridgehead atoms. The number of Topliss-reactive ketones (excluding diaryl/α,β-unsaturated/α-hetero) is 1. The van der Waals surface area contributed by atoms with Gasteiger partial charge in [-0.15, -0.1) is 0 Å². The number of alkyl halides is 2. The van der Waals surface area contributed by atoms with Crippen molar-refractivity contribution in [3.63, 3.8) is 0 Å². The smallest absolute Gasteiger partial charge is 0.166 e. The number of ether oxygens (including phenoxy) is 1. The molecule has 2 nitrogen and oxygen atoms in total. The Hall–Kier alpha value is 0.330. The van der Waals surface area contributed by atoms with Crippen LogP contribution in [0.1, 0.15) is 13.8 Å². The molecule has 4 unspecified atom stereocenters. The number of carbonyl (C=O) groups is 1. The third kappa shape index (κ3) is 1.18. The maximum atomic E-state index is 11.8. The van der Waals surface area contributed by atoms with Gasteiger partial charge in [0.2, 0.25) is 0 Å². The molecule has 0 N–H and O–H groups in total. The van der Waals surface area contributed by atoms with Crippen LogP contribution in [0.25, 0.3) is 0 Å². The van der Waals surface area contributed by atoms with Gasteiger partial charge in [-0.3, -0.25) is 4.79 Å². The zero-order valence-corrected chi connectivity index (χ0v) is 10.6. The molecule has 2 heterocycles. The first-order valence-electron chi connectivity index (χ1n) is 4.11. The van der Waals surface area contributed by atoms with Gasteiger partial charge in [0, 0.05) is 0 Å². The van der Waals surface area contributed by atoms with E-state index in [1.807, 2.05) is 26.0 Å². The summed E-state index contributed by atoms with van der Waals surface area (Å²) in [7, 11) is 0. The van der Waals surface area contributed by atoms with Gasteiger partial charge in [0.15, 0.2) is 5.78 Å². The van der Waals surface area contributed by atoms with Crippen LogP contribution in [0.4, 0.5) is 0 Å². The monoisotopic (exact) mass is 308 g/mol. The number of hydrogen-bond acceptors (Lipinski definition) is 2. The summed E-state index contributed by atoms with van der Waals surface area (Å²) in [5.74, 6) is 0.154. The lowest BCUT2D eigenvalue weighted by Gasteiger charge is -2.41. The average Bonchev–Trinajstić information content (AvgIpc) is 2.38. The zero-order valence-electron chi connectivity index (χ0n) is 7.38. The highest BCUT2D eigenvalue weighted by atomic mass is 79.9. The van der Waals surface area contributed by atoms with Gasteiger partial charge in [-0.2, -0.15) is 0 Å². The van der Waals surface area contributed by atoms with Gasteiger partial charge >= 0.3 is 0 Å². The van der Waals surface area contributed by atoms with Gasteiger partial charge in [0.1, 0.15) is 20.9 Å². The third-order valence-corrected chi connectivity index (χ3v) is 5.41. The van der Waals surface area contributed by atoms with Crippen LogP contribution in [-0.4, -0.2) is 26.6 Å². The third-order valence-electron chi connectivity index (χ3n) is 2.69. The zero-order chi connectivity index (χ0) is 9.85. The SMILES string of the molecule is CC12C=CC(C)(O1)C(Br)C(=O)C2Br. The first-order valence-corrected chi connectivity index (χ1v) is 5.95. The molecule has 0 aromatic rings. The van der Waals surface area contributed by atoms with Crippen LogP contribution >= 0.6 is 31.9 Å². The summed E-state index contributed by atoms with van der Waals surface area (Å²) in [6.45, 7) is 3.84. The molecule has 1 saturated heterocycles. The number of carbonyl (C=O) groups excluding carboxylic acids is 1. The van der Waals surface area contributed by atoms with Crippen molar-refractivity contribution >= 4 is 37.6 Å². The highest BCUT2D eigenvalue weighted by Crippen LogP contribution is 2.46. The van der Waals surface area contributed by atoms with Gasteiger partial charge in [-0.25, -0.2) is 0 Å². The van der Waals surface area contributed by atoms with E-state index in [1.165, 1.54) is 0 Å². The van der Waals surface area contributed by atoms with Crippen molar-refractivity contribution in [2.75, 3.05) is 0 Å². The normalized spacial score (nSPS) is 54.3. The van der Waals surface area contributed by atoms with Crippen LogP contribution in [-0.2, 0) is 9.53 Å². The van der Waals surface area contributed by atoms with Gasteiger partial charge in [0.25, 0.3) is 0 Å². The fourth-order valence-electron chi connectivity index (χ4n) is 1.84. The summed E-state index contributed by atoms with van der Waals surface area (Å²) < 4.78 is 5.84. The molecule has 0 aromatic carbocycles. The van der Waals surface area contributed by atoms with Gasteiger partial charge in [-0.1, -0.05) is 44.0 Å². The standard InChI is InChI=1S/C9H10Br2O2/c1-8-3-4-9(2,13-8)7(11)5(12)6(8)10/h3-4,6-7H,1-2H3. The van der Waals surface area contributed by atoms with E-state index >= 15 is 0 Å². The summed E-state index contributed by atoms with van der Waals surface area (Å²) >= 11 is 6.74. The molecule has 2 aliphatic rings. The Bertz CT molecular complexity index is 276. The molecule has 0 aromatic heterocycles. The maximum absolute atomic E-state index is 11.8. The summed E-state index contributed by atoms with van der Waals surface area (Å²) in [5.41, 5.74) is -0.952. The maximum Gasteiger partial charge on any atom is 0.166 e. The Morgan fingerprint density at radius 2 is 1.62 bits per heavy atom. The molecular weight excluding hydrogens is 300 g/mol. The first-order chi connectivity index (χ1) is 5.89. The Morgan fingerprint density at radius 3 is 2.00 bits per heavy atom. The summed E-state index contributed by atoms with van der Waals surface area (Å²) in [6.07, 6.45) is 3.93. The number of halogens is 2. The minimum Gasteiger partial charge on any atom is -0.358 e. The first kappa shape index (κ1) is 9.87. The fraction of sp³-hybridized carbons (Fsp3) is 0.667. The van der Waals surface area contributed by atoms with E-state index in [-0.39, 0.29) is 15.4 Å². The van der Waals surface area contributed by atoms with Gasteiger partial charge in [-0.05, 0) is 13.8 Å². The van der Waals surface area contributed by atoms with E-state index in [0.29, 0.717) is 0 Å². The molecule has 4 heteroatoms. The molecule has 0 radical (unpaired) electrons. The van der Waals surface area contributed by atoms with Crippen molar-refractivity contribution in [1.82, 2.24) is 0 Å². The van der Waals surface area contributed by atoms with E-state index in [0.717, 1.165) is 0 Å². The Labute approximate surface area is 94.0 Å². The van der Waals surface area contributed by atoms with E-state index in [1.54, 1.807) is 0 Å². The van der Waals surface area contributed by atoms with E-state index in [9.17, 15) is 4.79 Å². The minimum absolute atomic E-state index is 0.154. The summed E-state index contributed by atoms with van der Waals surface area (Å²) in [4.78, 5) is 11.3. The molecule has 72 valence electrons. The van der Waals surface area contributed by atoms with Crippen LogP contribution in [0.15, 0.2) is 12.2 Å². The lowest BCUT2D eigenvalue weighted by atomic mass is 9.92. The van der Waals surface area contributed by atoms with E-state index < -0.39 is 11.2 Å². The van der Waals surface area contributed by atoms with Crippen molar-refractivity contribution in [3.05, 3.63) is 12.2 Å². The molecule has 2 rings (SSSR count). The fourth-order valence-corrected chi connectivity index (χ4v) is 3.21. The number of hydrogen-bond donors (Lipinski definition) is 0. The lowest BCUT2D eigenvalue weighted by molar-refractivity contribution is -0.142. The van der Waals surface area contributed by atoms with E-state index in [2.05, 4.69) is 31.9 Å². The largest absolute Gasteiger partial charge is 0.358 e. The van der Waals surface area contributed by atoms with Crippen LogP contribution in [0.2, 0.25) is 0 Å². The second kappa shape index (κ2) is 2.67. The Morgan fingerprint density at radius 1 is 1.23 bits per heavy atom. The molecule has 0 spiro atoms. The highest BCUT2D eigenvalue weighted by molar-refractivity contribution is 9.10. The predicted molar refractivity (Wildman–Crippen MR) is 57.5 cm³/mol. The highest BCUT2D eigenvalue weighted by Gasteiger charge is 2.56. The second-order valence-electron chi connectivity index (χ2n) is 3.93. The molecule has 0 saturated carbocycles. The molecule has 2 aliphatic heterocycles. The molecule has 13 heavy (non-hydrogen) atoms. The lowest BCUT2D eigenvalue weighted by Crippen LogP contribution is -2.57. The van der Waals surface area contributed by atoms with Crippen molar-refractivity contribution < 1.29 is 9.53 Å². The van der Waals surface area contributed by atoms with Crippen molar-refractivity contribution in [3.8, 4) is 0 Å². The van der Waals surface area contributed by atoms with Crippen LogP contribution < -0.4 is 0 Å². The second-order valence-corrected chi connectivity index (χ2v) is 5.76. The van der Waals surface area contributed by atoms with Gasteiger partial charge in [0.05, 0.1) is 0 Å². The predicted octanol–water partition coefficient (Wildman–Crippen LogP) is 2.20. The summed E-state index contributed by atoms with van der Waals surface area (Å²) in [5, 5.41) is 0. The molecule has 4 atom stereocenters. The topological polar surface area (TPSA) is 26.3 Å². The van der Waals surface area contributed by atoms with Gasteiger partial charge < -0.3 is 4.74 Å². The molecule has 0 aliphatic carbocycles. The molecule has 0 amide bonds. The Balaban J connectivity index is 2.46. The molecular formula is C9H10Br2O2. The van der Waals surface area contributed by atoms with Crippen molar-refractivity contribution in [2.24, 2.45) is 0 Å². The van der Waals surface area contributed by atoms with Crippen LogP contribution in [0, 0.1) is 0 Å². The van der Waals surface area contributed by atoms with Crippen molar-refractivity contribution in [2.45, 2.75) is 34.7 Å². The van der Waals surface area contributed by atoms with Crippen LogP contribution in [0.5, 0.6) is 0 Å². The number of ketones is 1. The minimum atomic E-state index is -0.476. The number of fused-ring (bicyclic) bond motifs is 2. The van der Waals surface area contributed by atoms with Crippen molar-refractivity contribution in [1.29, 1.82) is 0 Å².